The van der Waals surface area contributed by atoms with Gasteiger partial charge in [0.1, 0.15) is 11.0 Å². The van der Waals surface area contributed by atoms with Crippen LogP contribution in [0.4, 0.5) is 0 Å². The Kier molecular flexibility index (Phi) is 10.9. The molecule has 1 aliphatic carbocycles. The summed E-state index contributed by atoms with van der Waals surface area (Å²) in [6.07, 6.45) is -1.46. The second-order valence-corrected chi connectivity index (χ2v) is 8.23. The van der Waals surface area contributed by atoms with Gasteiger partial charge in [-0.05, 0) is 40.0 Å². The van der Waals surface area contributed by atoms with Crippen LogP contribution in [0.3, 0.4) is 0 Å². The number of aliphatic hydroxyl groups is 1. The van der Waals surface area contributed by atoms with E-state index in [4.69, 9.17) is 42.4 Å². The number of aliphatic carboxylic acids is 3. The molecule has 3 atom stereocenters. The van der Waals surface area contributed by atoms with E-state index in [1.54, 1.807) is 6.92 Å². The van der Waals surface area contributed by atoms with Gasteiger partial charge < -0.3 is 42.4 Å². The van der Waals surface area contributed by atoms with Crippen molar-refractivity contribution in [3.05, 3.63) is 0 Å². The van der Waals surface area contributed by atoms with Gasteiger partial charge in [-0.15, -0.1) is 0 Å². The highest BCUT2D eigenvalue weighted by Crippen LogP contribution is 2.48. The number of rotatable bonds is 11. The summed E-state index contributed by atoms with van der Waals surface area (Å²) in [6, 6.07) is -1.83. The third kappa shape index (κ3) is 6.56. The molecule has 0 heterocycles. The first-order chi connectivity index (χ1) is 15.4. The number of esters is 1. The van der Waals surface area contributed by atoms with Gasteiger partial charge in [0.05, 0.1) is 31.5 Å². The zero-order valence-electron chi connectivity index (χ0n) is 19.3. The molecule has 0 aromatic heterocycles. The van der Waals surface area contributed by atoms with Gasteiger partial charge >= 0.3 is 23.9 Å². The number of nitrogens with two attached hydrogens (primary N) is 3. The molecule has 10 N–H and O–H groups in total. The summed E-state index contributed by atoms with van der Waals surface area (Å²) in [4.78, 5) is 68.1. The lowest BCUT2D eigenvalue weighted by molar-refractivity contribution is -0.170. The van der Waals surface area contributed by atoms with E-state index < -0.39 is 76.9 Å². The van der Waals surface area contributed by atoms with Gasteiger partial charge in [-0.2, -0.15) is 0 Å². The molecule has 1 saturated carbocycles. The van der Waals surface area contributed by atoms with E-state index in [0.717, 1.165) is 0 Å². The molecule has 0 bridgehead atoms. The molecule has 34 heavy (non-hydrogen) atoms. The Hall–Kier alpha value is -2.94. The third-order valence-electron chi connectivity index (χ3n) is 5.48. The van der Waals surface area contributed by atoms with Crippen LogP contribution in [0.1, 0.15) is 52.9 Å². The molecular formula is C20H33N3O11. The first-order valence-corrected chi connectivity index (χ1v) is 10.4. The van der Waals surface area contributed by atoms with Gasteiger partial charge in [0, 0.05) is 0 Å². The van der Waals surface area contributed by atoms with Crippen molar-refractivity contribution in [1.82, 2.24) is 0 Å². The smallest absolute Gasteiger partial charge is 0.336 e. The quantitative estimate of drug-likeness (QED) is 0.122. The first-order valence-electron chi connectivity index (χ1n) is 10.4. The van der Waals surface area contributed by atoms with Gasteiger partial charge in [-0.25, -0.2) is 4.79 Å². The molecule has 1 fully saturated rings. The minimum Gasteiger partial charge on any atom is -0.481 e. The molecule has 0 aromatic rings. The summed E-state index contributed by atoms with van der Waals surface area (Å²) >= 11 is 0. The molecule has 1 aliphatic rings. The SMILES string of the molecule is CCOC(=O)C1(N)CCCC1(C(=O)C(C)N)C(=O)C(C)N.O=C(O)CC(O)(CC(=O)O)C(=O)O. The Bertz CT molecular complexity index is 789. The van der Waals surface area contributed by atoms with E-state index in [2.05, 4.69) is 0 Å². The number of ether oxygens (including phenoxy) is 1. The van der Waals surface area contributed by atoms with Crippen molar-refractivity contribution in [2.45, 2.75) is 76.1 Å². The van der Waals surface area contributed by atoms with Gasteiger partial charge in [-0.3, -0.25) is 24.0 Å². The standard InChI is InChI=1S/C14H25N3O4.C6H8O7/c1-4-21-12(20)14(17)7-5-6-13(14,10(18)8(2)15)11(19)9(3)16;7-3(8)1-6(13,5(11)12)2-4(9)10/h8-9H,4-7,15-17H2,1-3H3;13H,1-2H2,(H,7,8)(H,9,10)(H,11,12). The second kappa shape index (κ2) is 12.0. The zero-order valence-corrected chi connectivity index (χ0v) is 19.3. The maximum atomic E-state index is 12.6. The molecule has 0 aliphatic heterocycles. The fourth-order valence-corrected chi connectivity index (χ4v) is 3.90. The molecule has 194 valence electrons. The van der Waals surface area contributed by atoms with E-state index in [9.17, 15) is 28.8 Å². The maximum Gasteiger partial charge on any atom is 0.336 e. The maximum absolute atomic E-state index is 12.6. The van der Waals surface area contributed by atoms with Crippen LogP contribution in [-0.2, 0) is 33.5 Å². The van der Waals surface area contributed by atoms with Crippen LogP contribution in [0.2, 0.25) is 0 Å². The Morgan fingerprint density at radius 2 is 1.32 bits per heavy atom. The fraction of sp³-hybridized carbons (Fsp3) is 0.700. The van der Waals surface area contributed by atoms with Gasteiger partial charge in [0.15, 0.2) is 17.2 Å². The molecule has 14 heteroatoms. The Morgan fingerprint density at radius 1 is 0.912 bits per heavy atom. The largest absolute Gasteiger partial charge is 0.481 e. The number of carboxylic acid groups (broad SMARTS) is 3. The molecule has 0 spiro atoms. The van der Waals surface area contributed by atoms with Crippen LogP contribution in [0.25, 0.3) is 0 Å². The van der Waals surface area contributed by atoms with E-state index in [-0.39, 0.29) is 19.4 Å². The number of carboxylic acids is 3. The molecular weight excluding hydrogens is 458 g/mol. The van der Waals surface area contributed by atoms with E-state index >= 15 is 0 Å². The molecule has 0 aromatic carbocycles. The van der Waals surface area contributed by atoms with Crippen molar-refractivity contribution in [2.75, 3.05) is 6.61 Å². The minimum absolute atomic E-state index is 0.118. The Labute approximate surface area is 195 Å². The van der Waals surface area contributed by atoms with Gasteiger partial charge in [0.2, 0.25) is 0 Å². The minimum atomic E-state index is -2.74. The second-order valence-electron chi connectivity index (χ2n) is 8.23. The molecule has 0 amide bonds. The first kappa shape index (κ1) is 31.1. The molecule has 3 unspecified atom stereocenters. The summed E-state index contributed by atoms with van der Waals surface area (Å²) in [7, 11) is 0. The van der Waals surface area contributed by atoms with Crippen LogP contribution in [0.15, 0.2) is 0 Å². The number of carbonyl (C=O) groups is 6. The summed E-state index contributed by atoms with van der Waals surface area (Å²) in [5, 5.41) is 33.8. The van der Waals surface area contributed by atoms with Crippen LogP contribution in [0, 0.1) is 5.41 Å². The molecule has 1 rings (SSSR count). The van der Waals surface area contributed by atoms with Crippen molar-refractivity contribution >= 4 is 35.4 Å². The van der Waals surface area contributed by atoms with Crippen molar-refractivity contribution < 1.29 is 53.9 Å². The average Bonchev–Trinajstić information content (AvgIpc) is 3.05. The summed E-state index contributed by atoms with van der Waals surface area (Å²) in [6.45, 7) is 4.70. The highest BCUT2D eigenvalue weighted by atomic mass is 16.5. The lowest BCUT2D eigenvalue weighted by atomic mass is 9.63. The van der Waals surface area contributed by atoms with Crippen molar-refractivity contribution in [3.8, 4) is 0 Å². The summed E-state index contributed by atoms with van der Waals surface area (Å²) in [5.41, 5.74) is 11.5. The lowest BCUT2D eigenvalue weighted by Gasteiger charge is -2.40. The Morgan fingerprint density at radius 3 is 1.62 bits per heavy atom. The fourth-order valence-electron chi connectivity index (χ4n) is 3.90. The summed E-state index contributed by atoms with van der Waals surface area (Å²) < 4.78 is 4.99. The number of hydrogen-bond donors (Lipinski definition) is 7. The zero-order chi connectivity index (χ0) is 27.1. The van der Waals surface area contributed by atoms with E-state index in [0.29, 0.717) is 6.42 Å². The Balaban J connectivity index is 0.000000722. The molecule has 0 radical (unpaired) electrons. The van der Waals surface area contributed by atoms with E-state index in [1.165, 1.54) is 13.8 Å². The topological polar surface area (TPSA) is 271 Å². The van der Waals surface area contributed by atoms with Crippen LogP contribution < -0.4 is 17.2 Å². The highest BCUT2D eigenvalue weighted by Gasteiger charge is 2.66. The van der Waals surface area contributed by atoms with Crippen molar-refractivity contribution in [3.63, 3.8) is 0 Å². The highest BCUT2D eigenvalue weighted by molar-refractivity contribution is 6.16. The van der Waals surface area contributed by atoms with Crippen LogP contribution in [0.5, 0.6) is 0 Å². The van der Waals surface area contributed by atoms with Crippen molar-refractivity contribution in [2.24, 2.45) is 22.6 Å². The third-order valence-corrected chi connectivity index (χ3v) is 5.48. The molecule has 14 nitrogen and oxygen atoms in total. The van der Waals surface area contributed by atoms with Crippen LogP contribution in [-0.4, -0.2) is 85.7 Å². The van der Waals surface area contributed by atoms with E-state index in [1.807, 2.05) is 0 Å². The molecule has 0 saturated heterocycles. The number of hydrogen-bond acceptors (Lipinski definition) is 11. The number of carbonyl (C=O) groups excluding carboxylic acids is 3. The monoisotopic (exact) mass is 491 g/mol. The predicted molar refractivity (Wildman–Crippen MR) is 114 cm³/mol. The van der Waals surface area contributed by atoms with Gasteiger partial charge in [-0.1, -0.05) is 0 Å². The van der Waals surface area contributed by atoms with Crippen molar-refractivity contribution in [1.29, 1.82) is 0 Å². The number of Topliss-reactive ketones (excluding diaryl/α,β-unsaturated/α-hetero) is 2. The lowest BCUT2D eigenvalue weighted by Crippen LogP contribution is -2.68. The number of ketones is 2. The summed E-state index contributed by atoms with van der Waals surface area (Å²) in [5.74, 6) is -6.85. The van der Waals surface area contributed by atoms with Gasteiger partial charge in [0.25, 0.3) is 0 Å². The predicted octanol–water partition coefficient (Wildman–Crippen LogP) is -2.00. The van der Waals surface area contributed by atoms with Crippen LogP contribution >= 0.6 is 0 Å². The normalized spacial score (nSPS) is 23.6. The average molecular weight is 491 g/mol.